The molecule has 0 unspecified atom stereocenters. The zero-order valence-electron chi connectivity index (χ0n) is 14.0. The first kappa shape index (κ1) is 15.1. The number of nitrogens with zero attached hydrogens (tertiary/aromatic N) is 4. The van der Waals surface area contributed by atoms with Crippen LogP contribution < -0.4 is 5.32 Å². The number of nitrogens with one attached hydrogen (secondary N) is 1. The summed E-state index contributed by atoms with van der Waals surface area (Å²) in [5.74, 6) is 2.79. The molecule has 3 heterocycles. The van der Waals surface area contributed by atoms with Gasteiger partial charge in [-0.3, -0.25) is 0 Å². The SMILES string of the molecule is Cc1ccc(-c2cc(CN[C@@H]3CCc4nc(C)nn4C3)on2)cc1. The second kappa shape index (κ2) is 6.20. The minimum atomic E-state index is 0.381. The van der Waals surface area contributed by atoms with Gasteiger partial charge in [0.25, 0.3) is 0 Å². The third kappa shape index (κ3) is 3.10. The second-order valence-electron chi connectivity index (χ2n) is 6.42. The molecule has 0 saturated heterocycles. The average molecular weight is 323 g/mol. The first-order valence-corrected chi connectivity index (χ1v) is 8.34. The van der Waals surface area contributed by atoms with Crippen LogP contribution in [-0.2, 0) is 19.5 Å². The van der Waals surface area contributed by atoms with Crippen LogP contribution in [0.5, 0.6) is 0 Å². The summed E-state index contributed by atoms with van der Waals surface area (Å²) >= 11 is 0. The number of rotatable bonds is 4. The summed E-state index contributed by atoms with van der Waals surface area (Å²) in [5.41, 5.74) is 3.20. The Labute approximate surface area is 140 Å². The molecule has 0 fully saturated rings. The monoisotopic (exact) mass is 323 g/mol. The Kier molecular flexibility index (Phi) is 3.90. The molecule has 0 spiro atoms. The quantitative estimate of drug-likeness (QED) is 0.799. The molecule has 0 radical (unpaired) electrons. The van der Waals surface area contributed by atoms with Crippen LogP contribution in [0.4, 0.5) is 0 Å². The first-order chi connectivity index (χ1) is 11.7. The van der Waals surface area contributed by atoms with Crippen molar-refractivity contribution in [3.63, 3.8) is 0 Å². The molecule has 4 rings (SSSR count). The predicted molar refractivity (Wildman–Crippen MR) is 90.4 cm³/mol. The summed E-state index contributed by atoms with van der Waals surface area (Å²) in [4.78, 5) is 4.44. The van der Waals surface area contributed by atoms with Crippen molar-refractivity contribution in [2.24, 2.45) is 0 Å². The fourth-order valence-corrected chi connectivity index (χ4v) is 3.10. The summed E-state index contributed by atoms with van der Waals surface area (Å²) in [6, 6.07) is 10.7. The van der Waals surface area contributed by atoms with Gasteiger partial charge in [-0.1, -0.05) is 35.0 Å². The van der Waals surface area contributed by atoms with Crippen LogP contribution in [0, 0.1) is 13.8 Å². The van der Waals surface area contributed by atoms with E-state index in [9.17, 15) is 0 Å². The molecule has 3 aromatic rings. The van der Waals surface area contributed by atoms with Gasteiger partial charge >= 0.3 is 0 Å². The molecule has 0 saturated carbocycles. The van der Waals surface area contributed by atoms with Crippen molar-refractivity contribution in [1.82, 2.24) is 25.2 Å². The number of benzene rings is 1. The fraction of sp³-hybridized carbons (Fsp3) is 0.389. The summed E-state index contributed by atoms with van der Waals surface area (Å²) in [6.45, 7) is 5.55. The lowest BCUT2D eigenvalue weighted by Crippen LogP contribution is -2.37. The van der Waals surface area contributed by atoms with Crippen molar-refractivity contribution < 1.29 is 4.52 Å². The first-order valence-electron chi connectivity index (χ1n) is 8.34. The van der Waals surface area contributed by atoms with Crippen LogP contribution >= 0.6 is 0 Å². The van der Waals surface area contributed by atoms with Crippen molar-refractivity contribution in [2.45, 2.75) is 45.8 Å². The Morgan fingerprint density at radius 1 is 1.25 bits per heavy atom. The van der Waals surface area contributed by atoms with Gasteiger partial charge < -0.3 is 9.84 Å². The Bertz CT molecular complexity index is 833. The topological polar surface area (TPSA) is 68.8 Å². The summed E-state index contributed by atoms with van der Waals surface area (Å²) in [6.07, 6.45) is 2.03. The molecule has 24 heavy (non-hydrogen) atoms. The lowest BCUT2D eigenvalue weighted by Gasteiger charge is -2.23. The standard InChI is InChI=1S/C18H21N5O/c1-12-3-5-14(6-4-12)17-9-16(24-22-17)10-19-15-7-8-18-20-13(2)21-23(18)11-15/h3-6,9,15,19H,7-8,10-11H2,1-2H3/t15-/m1/s1. The van der Waals surface area contributed by atoms with Crippen molar-refractivity contribution >= 4 is 0 Å². The molecule has 1 aliphatic heterocycles. The van der Waals surface area contributed by atoms with E-state index in [0.29, 0.717) is 12.6 Å². The van der Waals surface area contributed by atoms with E-state index in [0.717, 1.165) is 48.1 Å². The molecular formula is C18H21N5O. The maximum atomic E-state index is 5.47. The summed E-state index contributed by atoms with van der Waals surface area (Å²) in [7, 11) is 0. The van der Waals surface area contributed by atoms with Crippen molar-refractivity contribution in [2.75, 3.05) is 0 Å². The highest BCUT2D eigenvalue weighted by Crippen LogP contribution is 2.20. The molecule has 1 aromatic carbocycles. The Balaban J connectivity index is 1.38. The maximum absolute atomic E-state index is 5.47. The lowest BCUT2D eigenvalue weighted by molar-refractivity contribution is 0.325. The molecule has 1 aliphatic rings. The Morgan fingerprint density at radius 3 is 2.92 bits per heavy atom. The van der Waals surface area contributed by atoms with Crippen LogP contribution in [0.2, 0.25) is 0 Å². The number of hydrogen-bond acceptors (Lipinski definition) is 5. The molecule has 1 atom stereocenters. The fourth-order valence-electron chi connectivity index (χ4n) is 3.10. The highest BCUT2D eigenvalue weighted by Gasteiger charge is 2.20. The maximum Gasteiger partial charge on any atom is 0.151 e. The van der Waals surface area contributed by atoms with Crippen LogP contribution in [0.1, 0.15) is 29.4 Å². The van der Waals surface area contributed by atoms with Gasteiger partial charge in [-0.15, -0.1) is 0 Å². The van der Waals surface area contributed by atoms with Gasteiger partial charge in [0, 0.05) is 24.1 Å². The summed E-state index contributed by atoms with van der Waals surface area (Å²) in [5, 5.41) is 12.2. The van der Waals surface area contributed by atoms with Crippen LogP contribution in [0.25, 0.3) is 11.3 Å². The number of fused-ring (bicyclic) bond motifs is 1. The van der Waals surface area contributed by atoms with Gasteiger partial charge in [0.15, 0.2) is 5.76 Å². The molecule has 0 bridgehead atoms. The molecule has 6 nitrogen and oxygen atoms in total. The minimum Gasteiger partial charge on any atom is -0.359 e. The van der Waals surface area contributed by atoms with Crippen molar-refractivity contribution in [3.05, 3.63) is 53.3 Å². The third-order valence-electron chi connectivity index (χ3n) is 4.44. The van der Waals surface area contributed by atoms with E-state index in [1.807, 2.05) is 17.7 Å². The van der Waals surface area contributed by atoms with Gasteiger partial charge in [0.05, 0.1) is 13.1 Å². The molecule has 1 N–H and O–H groups in total. The van der Waals surface area contributed by atoms with Crippen LogP contribution in [-0.4, -0.2) is 26.0 Å². The normalized spacial score (nSPS) is 17.0. The smallest absolute Gasteiger partial charge is 0.151 e. The predicted octanol–water partition coefficient (Wildman–Crippen LogP) is 2.65. The molecule has 2 aromatic heterocycles. The van der Waals surface area contributed by atoms with Crippen molar-refractivity contribution in [1.29, 1.82) is 0 Å². The molecule has 124 valence electrons. The third-order valence-corrected chi connectivity index (χ3v) is 4.44. The van der Waals surface area contributed by atoms with Gasteiger partial charge in [-0.05, 0) is 20.3 Å². The largest absolute Gasteiger partial charge is 0.359 e. The van der Waals surface area contributed by atoms with E-state index in [2.05, 4.69) is 51.7 Å². The van der Waals surface area contributed by atoms with E-state index in [1.165, 1.54) is 5.56 Å². The van der Waals surface area contributed by atoms with E-state index < -0.39 is 0 Å². The van der Waals surface area contributed by atoms with Crippen LogP contribution in [0.3, 0.4) is 0 Å². The van der Waals surface area contributed by atoms with E-state index in [1.54, 1.807) is 0 Å². The van der Waals surface area contributed by atoms with Gasteiger partial charge in [-0.25, -0.2) is 9.67 Å². The zero-order chi connectivity index (χ0) is 16.5. The minimum absolute atomic E-state index is 0.381. The van der Waals surface area contributed by atoms with Crippen LogP contribution in [0.15, 0.2) is 34.9 Å². The Hall–Kier alpha value is -2.47. The highest BCUT2D eigenvalue weighted by atomic mass is 16.5. The van der Waals surface area contributed by atoms with E-state index in [4.69, 9.17) is 4.52 Å². The van der Waals surface area contributed by atoms with Gasteiger partial charge in [0.2, 0.25) is 0 Å². The van der Waals surface area contributed by atoms with Crippen molar-refractivity contribution in [3.8, 4) is 11.3 Å². The van der Waals surface area contributed by atoms with Gasteiger partial charge in [0.1, 0.15) is 17.3 Å². The number of aromatic nitrogens is 4. The zero-order valence-corrected chi connectivity index (χ0v) is 14.0. The second-order valence-corrected chi connectivity index (χ2v) is 6.42. The lowest BCUT2D eigenvalue weighted by atomic mass is 10.1. The number of aryl methyl sites for hydroxylation is 3. The average Bonchev–Trinajstić information content (AvgIpc) is 3.18. The molecule has 6 heteroatoms. The Morgan fingerprint density at radius 2 is 2.08 bits per heavy atom. The van der Waals surface area contributed by atoms with E-state index >= 15 is 0 Å². The van der Waals surface area contributed by atoms with E-state index in [-0.39, 0.29) is 0 Å². The highest BCUT2D eigenvalue weighted by molar-refractivity contribution is 5.59. The summed E-state index contributed by atoms with van der Waals surface area (Å²) < 4.78 is 7.48. The van der Waals surface area contributed by atoms with Gasteiger partial charge in [-0.2, -0.15) is 5.10 Å². The number of hydrogen-bond donors (Lipinski definition) is 1. The molecule has 0 aliphatic carbocycles. The molecule has 0 amide bonds. The molecular weight excluding hydrogens is 302 g/mol.